The van der Waals surface area contributed by atoms with E-state index in [2.05, 4.69) is 37.1 Å². The lowest BCUT2D eigenvalue weighted by Crippen LogP contribution is -2.31. The monoisotopic (exact) mass is 537 g/mol. The normalized spacial score (nSPS) is 13.0. The summed E-state index contributed by atoms with van der Waals surface area (Å²) >= 11 is 0. The van der Waals surface area contributed by atoms with Gasteiger partial charge in [0.05, 0.1) is 24.9 Å². The molecule has 0 saturated heterocycles. The molecule has 0 radical (unpaired) electrons. The highest BCUT2D eigenvalue weighted by molar-refractivity contribution is 5.95. The molecule has 1 amide bonds. The highest BCUT2D eigenvalue weighted by Crippen LogP contribution is 2.35. The molecule has 7 nitrogen and oxygen atoms in total. The number of carbonyl (C=O) groups excluding carboxylic acids is 1. The molecule has 206 valence electrons. The summed E-state index contributed by atoms with van der Waals surface area (Å²) in [6.45, 7) is 5.83. The van der Waals surface area contributed by atoms with Crippen LogP contribution in [0, 0.1) is 13.8 Å². The van der Waals surface area contributed by atoms with Crippen LogP contribution in [-0.4, -0.2) is 39.9 Å². The van der Waals surface area contributed by atoms with E-state index in [-0.39, 0.29) is 11.5 Å². The number of benzene rings is 3. The van der Waals surface area contributed by atoms with E-state index in [1.54, 1.807) is 18.2 Å². The molecule has 7 heteroatoms. The van der Waals surface area contributed by atoms with Crippen LogP contribution in [0.2, 0.25) is 0 Å². The minimum Gasteiger partial charge on any atom is -0.493 e. The van der Waals surface area contributed by atoms with Gasteiger partial charge < -0.3 is 14.7 Å². The van der Waals surface area contributed by atoms with Gasteiger partial charge in [-0.05, 0) is 91.6 Å². The molecular formula is C33H35N3O4. The fraction of sp³-hybridized carbons (Fsp3) is 0.303. The molecule has 40 heavy (non-hydrogen) atoms. The van der Waals surface area contributed by atoms with Gasteiger partial charge in [0, 0.05) is 30.4 Å². The van der Waals surface area contributed by atoms with Crippen molar-refractivity contribution in [3.63, 3.8) is 0 Å². The van der Waals surface area contributed by atoms with Gasteiger partial charge in [0.2, 0.25) is 5.91 Å². The van der Waals surface area contributed by atoms with Crippen LogP contribution in [0.4, 0.5) is 5.69 Å². The quantitative estimate of drug-likeness (QED) is 0.248. The number of amides is 1. The Morgan fingerprint density at radius 3 is 2.70 bits per heavy atom. The second kappa shape index (κ2) is 12.2. The summed E-state index contributed by atoms with van der Waals surface area (Å²) in [4.78, 5) is 26.7. The zero-order valence-electron chi connectivity index (χ0n) is 23.1. The Kier molecular flexibility index (Phi) is 8.29. The van der Waals surface area contributed by atoms with Crippen LogP contribution in [0.25, 0.3) is 11.1 Å². The minimum absolute atomic E-state index is 0.124. The van der Waals surface area contributed by atoms with Gasteiger partial charge in [-0.2, -0.15) is 5.10 Å². The molecule has 0 fully saturated rings. The molecule has 1 aliphatic heterocycles. The molecule has 1 N–H and O–H groups in total. The van der Waals surface area contributed by atoms with Crippen LogP contribution in [0.15, 0.2) is 73.1 Å². The topological polar surface area (TPSA) is 84.7 Å². The number of fused-ring (bicyclic) bond motifs is 1. The van der Waals surface area contributed by atoms with Crippen molar-refractivity contribution >= 4 is 17.6 Å². The van der Waals surface area contributed by atoms with Crippen LogP contribution in [0.5, 0.6) is 5.75 Å². The predicted octanol–water partition coefficient (Wildman–Crippen LogP) is 6.44. The summed E-state index contributed by atoms with van der Waals surface area (Å²) in [7, 11) is 0. The highest BCUT2D eigenvalue weighted by atomic mass is 16.5. The number of aromatic carboxylic acids is 1. The van der Waals surface area contributed by atoms with Crippen LogP contribution >= 0.6 is 0 Å². The number of carbonyl (C=O) groups is 2. The summed E-state index contributed by atoms with van der Waals surface area (Å²) < 4.78 is 7.81. The molecular weight excluding hydrogens is 502 g/mol. The number of carboxylic acids is 1. The number of aryl methyl sites for hydroxylation is 1. The molecule has 1 aliphatic rings. The van der Waals surface area contributed by atoms with E-state index in [1.807, 2.05) is 46.2 Å². The van der Waals surface area contributed by atoms with Crippen molar-refractivity contribution < 1.29 is 19.4 Å². The van der Waals surface area contributed by atoms with E-state index in [0.717, 1.165) is 53.0 Å². The average Bonchev–Trinajstić information content (AvgIpc) is 3.30. The van der Waals surface area contributed by atoms with E-state index >= 15 is 0 Å². The first-order valence-electron chi connectivity index (χ1n) is 13.9. The standard InChI is InChI=1S/C33H35N3O4/c1-23-9-5-15-31(24(23)2)40-18-8-16-32(37)36-17-4-3-12-29-28(13-7-14-30(29)36)27-20-34-35(22-27)21-25-10-6-11-26(19-25)33(38)39/h5-7,9-11,13-15,19-20,22H,3-4,8,12,16-18,21H2,1-2H3,(H,38,39). The molecule has 0 saturated carbocycles. The average molecular weight is 538 g/mol. The third kappa shape index (κ3) is 6.09. The Labute approximate surface area is 235 Å². The molecule has 5 rings (SSSR count). The minimum atomic E-state index is -0.942. The maximum atomic E-state index is 13.4. The van der Waals surface area contributed by atoms with E-state index < -0.39 is 5.97 Å². The van der Waals surface area contributed by atoms with Crippen LogP contribution in [0.1, 0.15) is 58.3 Å². The van der Waals surface area contributed by atoms with E-state index in [1.165, 1.54) is 11.1 Å². The number of nitrogens with zero attached hydrogens (tertiary/aromatic N) is 3. The molecule has 0 bridgehead atoms. The second-order valence-electron chi connectivity index (χ2n) is 10.4. The van der Waals surface area contributed by atoms with Gasteiger partial charge in [0.25, 0.3) is 0 Å². The molecule has 2 heterocycles. The molecule has 3 aromatic carbocycles. The van der Waals surface area contributed by atoms with Crippen molar-refractivity contribution in [2.24, 2.45) is 0 Å². The van der Waals surface area contributed by atoms with Crippen molar-refractivity contribution in [3.05, 3.63) is 101 Å². The first kappa shape index (κ1) is 27.2. The lowest BCUT2D eigenvalue weighted by molar-refractivity contribution is -0.118. The molecule has 1 aromatic heterocycles. The number of hydrogen-bond acceptors (Lipinski definition) is 4. The van der Waals surface area contributed by atoms with Gasteiger partial charge in [0.1, 0.15) is 5.75 Å². The Morgan fingerprint density at radius 2 is 1.85 bits per heavy atom. The van der Waals surface area contributed by atoms with E-state index in [4.69, 9.17) is 4.74 Å². The Bertz CT molecular complexity index is 1520. The van der Waals surface area contributed by atoms with Crippen molar-refractivity contribution in [2.75, 3.05) is 18.1 Å². The van der Waals surface area contributed by atoms with Crippen molar-refractivity contribution in [2.45, 2.75) is 52.5 Å². The summed E-state index contributed by atoms with van der Waals surface area (Å²) in [6, 6.07) is 19.1. The third-order valence-electron chi connectivity index (χ3n) is 7.61. The maximum Gasteiger partial charge on any atom is 0.335 e. The third-order valence-corrected chi connectivity index (χ3v) is 7.61. The molecule has 0 spiro atoms. The van der Waals surface area contributed by atoms with Crippen molar-refractivity contribution in [1.82, 2.24) is 9.78 Å². The SMILES string of the molecule is Cc1cccc(OCCCC(=O)N2CCCCc3c(-c4cnn(Cc5cccc(C(=O)O)c5)c4)cccc32)c1C. The first-order chi connectivity index (χ1) is 19.4. The zero-order valence-corrected chi connectivity index (χ0v) is 23.1. The lowest BCUT2D eigenvalue weighted by atomic mass is 9.97. The first-order valence-corrected chi connectivity index (χ1v) is 13.9. The van der Waals surface area contributed by atoms with Gasteiger partial charge in [0.15, 0.2) is 0 Å². The second-order valence-corrected chi connectivity index (χ2v) is 10.4. The van der Waals surface area contributed by atoms with E-state index in [9.17, 15) is 14.7 Å². The lowest BCUT2D eigenvalue weighted by Gasteiger charge is -2.24. The molecule has 0 atom stereocenters. The number of anilines is 1. The van der Waals surface area contributed by atoms with Crippen LogP contribution in [0.3, 0.4) is 0 Å². The highest BCUT2D eigenvalue weighted by Gasteiger charge is 2.23. The predicted molar refractivity (Wildman–Crippen MR) is 156 cm³/mol. The van der Waals surface area contributed by atoms with Gasteiger partial charge in [-0.25, -0.2) is 4.79 Å². The van der Waals surface area contributed by atoms with Gasteiger partial charge in [-0.1, -0.05) is 36.4 Å². The smallest absolute Gasteiger partial charge is 0.335 e. The van der Waals surface area contributed by atoms with Crippen LogP contribution < -0.4 is 9.64 Å². The Morgan fingerprint density at radius 1 is 1.02 bits per heavy atom. The number of hydrogen-bond donors (Lipinski definition) is 1. The van der Waals surface area contributed by atoms with Gasteiger partial charge in [-0.3, -0.25) is 9.48 Å². The van der Waals surface area contributed by atoms with Crippen LogP contribution in [-0.2, 0) is 17.8 Å². The summed E-state index contributed by atoms with van der Waals surface area (Å²) in [6.07, 6.45) is 7.80. The molecule has 0 unspecified atom stereocenters. The molecule has 4 aromatic rings. The van der Waals surface area contributed by atoms with Gasteiger partial charge in [-0.15, -0.1) is 0 Å². The summed E-state index contributed by atoms with van der Waals surface area (Å²) in [5.41, 5.74) is 7.70. The van der Waals surface area contributed by atoms with Gasteiger partial charge >= 0.3 is 5.97 Å². The number of ether oxygens (including phenoxy) is 1. The zero-order chi connectivity index (χ0) is 28.1. The largest absolute Gasteiger partial charge is 0.493 e. The Balaban J connectivity index is 1.29. The van der Waals surface area contributed by atoms with Crippen molar-refractivity contribution in [1.29, 1.82) is 0 Å². The van der Waals surface area contributed by atoms with E-state index in [0.29, 0.717) is 32.5 Å². The summed E-state index contributed by atoms with van der Waals surface area (Å²) in [5, 5.41) is 13.8. The maximum absolute atomic E-state index is 13.4. The number of rotatable bonds is 9. The molecule has 0 aliphatic carbocycles. The fourth-order valence-electron chi connectivity index (χ4n) is 5.31. The summed E-state index contributed by atoms with van der Waals surface area (Å²) in [5.74, 6) is 0.0641. The fourth-order valence-corrected chi connectivity index (χ4v) is 5.31. The number of carboxylic acid groups (broad SMARTS) is 1. The van der Waals surface area contributed by atoms with Crippen molar-refractivity contribution in [3.8, 4) is 16.9 Å². The Hall–Kier alpha value is -4.39. The number of aromatic nitrogens is 2.